The number of rotatable bonds is 7. The Morgan fingerprint density at radius 3 is 2.26 bits per heavy atom. The Morgan fingerprint density at radius 2 is 1.56 bits per heavy atom. The zero-order chi connectivity index (χ0) is 23.5. The first kappa shape index (κ1) is 22.9. The van der Waals surface area contributed by atoms with Crippen LogP contribution in [0, 0.1) is 6.92 Å². The van der Waals surface area contributed by atoms with Crippen LogP contribution < -0.4 is 0 Å². The fourth-order valence-electron chi connectivity index (χ4n) is 5.28. The van der Waals surface area contributed by atoms with E-state index in [-0.39, 0.29) is 12.0 Å². The zero-order valence-corrected chi connectivity index (χ0v) is 20.4. The van der Waals surface area contributed by atoms with Crippen molar-refractivity contribution in [3.8, 4) is 0 Å². The molecule has 2 aliphatic heterocycles. The molecule has 3 aromatic carbocycles. The number of benzene rings is 3. The van der Waals surface area contributed by atoms with Crippen molar-refractivity contribution < 1.29 is 13.2 Å². The summed E-state index contributed by atoms with van der Waals surface area (Å²) >= 11 is 0. The summed E-state index contributed by atoms with van der Waals surface area (Å²) in [5, 5.41) is 0. The first-order chi connectivity index (χ1) is 16.6. The molecular formula is C29H31NO3S. The Kier molecular flexibility index (Phi) is 6.57. The number of allylic oxidation sites excluding steroid dienone is 1. The van der Waals surface area contributed by atoms with Gasteiger partial charge in [-0.05, 0) is 49.4 Å². The summed E-state index contributed by atoms with van der Waals surface area (Å²) in [5.41, 5.74) is 4.18. The Balaban J connectivity index is 1.54. The average molecular weight is 474 g/mol. The first-order valence-electron chi connectivity index (χ1n) is 12.0. The van der Waals surface area contributed by atoms with Crippen molar-refractivity contribution in [1.29, 1.82) is 0 Å². The van der Waals surface area contributed by atoms with Crippen LogP contribution in [0.5, 0.6) is 0 Å². The molecule has 2 atom stereocenters. The summed E-state index contributed by atoms with van der Waals surface area (Å²) in [6, 6.07) is 27.4. The summed E-state index contributed by atoms with van der Waals surface area (Å²) in [6.45, 7) is 3.83. The largest absolute Gasteiger partial charge is 0.375 e. The van der Waals surface area contributed by atoms with Gasteiger partial charge in [-0.25, -0.2) is 8.42 Å². The van der Waals surface area contributed by atoms with E-state index >= 15 is 0 Å². The van der Waals surface area contributed by atoms with Gasteiger partial charge in [0.05, 0.1) is 29.1 Å². The van der Waals surface area contributed by atoms with Gasteiger partial charge in [0.1, 0.15) is 0 Å². The Labute approximate surface area is 202 Å². The highest BCUT2D eigenvalue weighted by molar-refractivity contribution is 7.95. The van der Waals surface area contributed by atoms with Crippen molar-refractivity contribution in [3.05, 3.63) is 112 Å². The summed E-state index contributed by atoms with van der Waals surface area (Å²) in [7, 11) is -3.65. The maximum absolute atomic E-state index is 14.1. The number of aryl methyl sites for hydroxylation is 1. The van der Waals surface area contributed by atoms with E-state index in [0.717, 1.165) is 48.2 Å². The van der Waals surface area contributed by atoms with Gasteiger partial charge in [-0.2, -0.15) is 0 Å². The van der Waals surface area contributed by atoms with Crippen molar-refractivity contribution in [2.24, 2.45) is 0 Å². The van der Waals surface area contributed by atoms with E-state index in [1.165, 1.54) is 0 Å². The van der Waals surface area contributed by atoms with E-state index in [2.05, 4.69) is 29.2 Å². The second-order valence-corrected chi connectivity index (χ2v) is 11.2. The van der Waals surface area contributed by atoms with E-state index in [9.17, 15) is 8.42 Å². The molecule has 0 radical (unpaired) electrons. The monoisotopic (exact) mass is 473 g/mol. The lowest BCUT2D eigenvalue weighted by atomic mass is 9.93. The Morgan fingerprint density at radius 1 is 0.882 bits per heavy atom. The fraction of sp³-hybridized carbons (Fsp3) is 0.310. The third-order valence-corrected chi connectivity index (χ3v) is 8.90. The van der Waals surface area contributed by atoms with E-state index in [0.29, 0.717) is 23.0 Å². The minimum absolute atomic E-state index is 0.0448. The number of hydrogen-bond acceptors (Lipinski definition) is 4. The molecule has 5 rings (SSSR count). The fourth-order valence-corrected chi connectivity index (χ4v) is 7.18. The predicted molar refractivity (Wildman–Crippen MR) is 135 cm³/mol. The van der Waals surface area contributed by atoms with Crippen LogP contribution in [0.3, 0.4) is 0 Å². The molecule has 1 fully saturated rings. The second kappa shape index (κ2) is 9.77. The van der Waals surface area contributed by atoms with E-state index in [1.807, 2.05) is 55.5 Å². The normalized spacial score (nSPS) is 20.4. The van der Waals surface area contributed by atoms with Gasteiger partial charge in [-0.15, -0.1) is 0 Å². The van der Waals surface area contributed by atoms with Gasteiger partial charge in [-0.3, -0.25) is 0 Å². The third kappa shape index (κ3) is 4.42. The van der Waals surface area contributed by atoms with Gasteiger partial charge in [0, 0.05) is 18.2 Å². The van der Waals surface area contributed by atoms with Crippen LogP contribution in [0.15, 0.2) is 100 Å². The lowest BCUT2D eigenvalue weighted by Crippen LogP contribution is -2.39. The van der Waals surface area contributed by atoms with Gasteiger partial charge in [0.15, 0.2) is 0 Å². The second-order valence-electron chi connectivity index (χ2n) is 9.23. The molecule has 0 amide bonds. The summed E-state index contributed by atoms with van der Waals surface area (Å²) in [5.74, 6) is -0.253. The molecule has 1 saturated heterocycles. The van der Waals surface area contributed by atoms with Crippen LogP contribution in [0.2, 0.25) is 0 Å². The molecule has 4 nitrogen and oxygen atoms in total. The van der Waals surface area contributed by atoms with Gasteiger partial charge < -0.3 is 9.64 Å². The van der Waals surface area contributed by atoms with Crippen LogP contribution in [0.25, 0.3) is 0 Å². The van der Waals surface area contributed by atoms with Crippen molar-refractivity contribution in [1.82, 2.24) is 4.90 Å². The molecule has 0 saturated carbocycles. The van der Waals surface area contributed by atoms with Gasteiger partial charge in [0.25, 0.3) is 0 Å². The minimum Gasteiger partial charge on any atom is -0.375 e. The van der Waals surface area contributed by atoms with Gasteiger partial charge in [0.2, 0.25) is 9.84 Å². The topological polar surface area (TPSA) is 46.6 Å². The van der Waals surface area contributed by atoms with Crippen molar-refractivity contribution >= 4 is 9.84 Å². The summed E-state index contributed by atoms with van der Waals surface area (Å²) in [6.07, 6.45) is 2.87. The standard InChI is InChI=1S/C29H31NO3S/c1-22-15-17-25(18-16-22)34(31,32)29-26-14-8-9-19-30(26)27(28(29)24-12-6-3-7-13-24)21-33-20-23-10-4-2-5-11-23/h2-7,10-13,15-18,27-28H,8-9,14,19-21H2,1H3/t27-,28-/m0/s1. The van der Waals surface area contributed by atoms with Crippen LogP contribution >= 0.6 is 0 Å². The van der Waals surface area contributed by atoms with E-state index in [4.69, 9.17) is 4.74 Å². The molecule has 0 bridgehead atoms. The molecule has 0 unspecified atom stereocenters. The number of fused-ring (bicyclic) bond motifs is 1. The molecule has 0 N–H and O–H groups in total. The Hall–Kier alpha value is -2.89. The SMILES string of the molecule is Cc1ccc(S(=O)(=O)C2=C3CCCCN3[C@@H](COCc3ccccc3)[C@@H]2c2ccccc2)cc1. The van der Waals surface area contributed by atoms with Crippen LogP contribution in [0.4, 0.5) is 0 Å². The van der Waals surface area contributed by atoms with Crippen LogP contribution in [-0.2, 0) is 21.2 Å². The third-order valence-electron chi connectivity index (χ3n) is 6.94. The molecule has 34 heavy (non-hydrogen) atoms. The highest BCUT2D eigenvalue weighted by Crippen LogP contribution is 2.48. The summed E-state index contributed by atoms with van der Waals surface area (Å²) < 4.78 is 34.4. The highest BCUT2D eigenvalue weighted by Gasteiger charge is 2.47. The van der Waals surface area contributed by atoms with Gasteiger partial charge >= 0.3 is 0 Å². The lowest BCUT2D eigenvalue weighted by molar-refractivity contribution is 0.0600. The quantitative estimate of drug-likeness (QED) is 0.432. The lowest BCUT2D eigenvalue weighted by Gasteiger charge is -2.35. The highest BCUT2D eigenvalue weighted by atomic mass is 32.2. The molecule has 2 heterocycles. The average Bonchev–Trinajstić information content (AvgIpc) is 3.21. The van der Waals surface area contributed by atoms with E-state index in [1.54, 1.807) is 12.1 Å². The smallest absolute Gasteiger partial charge is 0.205 e. The number of hydrogen-bond donors (Lipinski definition) is 0. The maximum atomic E-state index is 14.1. The van der Waals surface area contributed by atoms with Crippen molar-refractivity contribution in [2.75, 3.05) is 13.2 Å². The number of ether oxygens (including phenoxy) is 1. The van der Waals surface area contributed by atoms with Crippen molar-refractivity contribution in [3.63, 3.8) is 0 Å². The van der Waals surface area contributed by atoms with Crippen LogP contribution in [-0.4, -0.2) is 32.5 Å². The molecular weight excluding hydrogens is 442 g/mol. The van der Waals surface area contributed by atoms with Crippen molar-refractivity contribution in [2.45, 2.75) is 49.6 Å². The zero-order valence-electron chi connectivity index (χ0n) is 19.6. The molecule has 176 valence electrons. The van der Waals surface area contributed by atoms with Gasteiger partial charge in [-0.1, -0.05) is 78.4 Å². The van der Waals surface area contributed by atoms with E-state index < -0.39 is 9.84 Å². The first-order valence-corrected chi connectivity index (χ1v) is 13.5. The molecule has 5 heteroatoms. The minimum atomic E-state index is -3.65. The molecule has 0 aliphatic carbocycles. The molecule has 3 aromatic rings. The predicted octanol–water partition coefficient (Wildman–Crippen LogP) is 5.85. The maximum Gasteiger partial charge on any atom is 0.205 e. The molecule has 0 aromatic heterocycles. The Bertz CT molecular complexity index is 1250. The number of nitrogens with zero attached hydrogens (tertiary/aromatic N) is 1. The summed E-state index contributed by atoms with van der Waals surface area (Å²) in [4.78, 5) is 3.27. The number of sulfone groups is 1. The van der Waals surface area contributed by atoms with Crippen LogP contribution in [0.1, 0.15) is 41.9 Å². The molecule has 2 aliphatic rings. The number of piperidine rings is 1. The molecule has 0 spiro atoms.